The Morgan fingerprint density at radius 3 is 2.75 bits per heavy atom. The van der Waals surface area contributed by atoms with Crippen molar-refractivity contribution in [3.63, 3.8) is 0 Å². The number of benzene rings is 1. The van der Waals surface area contributed by atoms with Gasteiger partial charge in [0.25, 0.3) is 0 Å². The van der Waals surface area contributed by atoms with Gasteiger partial charge in [0.05, 0.1) is 0 Å². The maximum Gasteiger partial charge on any atom is 0.124 e. The monoisotopic (exact) mass is 241 g/mol. The SMILES string of the molecule is CCC1(C)C(N)CC1c1ccc(F)cc1Cl. The quantitative estimate of drug-likeness (QED) is 0.839. The Kier molecular flexibility index (Phi) is 2.97. The molecule has 1 aliphatic carbocycles. The molecule has 3 unspecified atom stereocenters. The lowest BCUT2D eigenvalue weighted by Gasteiger charge is -2.53. The van der Waals surface area contributed by atoms with Crippen LogP contribution in [0.5, 0.6) is 0 Å². The number of hydrogen-bond donors (Lipinski definition) is 1. The predicted octanol–water partition coefficient (Wildman–Crippen LogP) is 3.71. The van der Waals surface area contributed by atoms with E-state index in [1.54, 1.807) is 6.07 Å². The van der Waals surface area contributed by atoms with Crippen LogP contribution in [0.3, 0.4) is 0 Å². The molecule has 1 fully saturated rings. The van der Waals surface area contributed by atoms with Crippen molar-refractivity contribution in [2.45, 2.75) is 38.6 Å². The first-order valence-corrected chi connectivity index (χ1v) is 6.07. The summed E-state index contributed by atoms with van der Waals surface area (Å²) in [5, 5.41) is 0.525. The summed E-state index contributed by atoms with van der Waals surface area (Å²) in [5.41, 5.74) is 7.19. The lowest BCUT2D eigenvalue weighted by atomic mass is 9.54. The fraction of sp³-hybridized carbons (Fsp3) is 0.538. The minimum atomic E-state index is -0.282. The maximum absolute atomic E-state index is 13.0. The molecular weight excluding hydrogens is 225 g/mol. The van der Waals surface area contributed by atoms with Crippen LogP contribution >= 0.6 is 11.6 Å². The Morgan fingerprint density at radius 1 is 1.56 bits per heavy atom. The van der Waals surface area contributed by atoms with E-state index in [4.69, 9.17) is 17.3 Å². The molecular formula is C13H17ClFN. The Hall–Kier alpha value is -0.600. The molecule has 3 heteroatoms. The molecule has 1 aliphatic rings. The lowest BCUT2D eigenvalue weighted by Crippen LogP contribution is -2.54. The van der Waals surface area contributed by atoms with Crippen molar-refractivity contribution in [1.82, 2.24) is 0 Å². The van der Waals surface area contributed by atoms with Crippen molar-refractivity contribution in [1.29, 1.82) is 0 Å². The van der Waals surface area contributed by atoms with Gasteiger partial charge in [-0.1, -0.05) is 31.5 Å². The second-order valence-corrected chi connectivity index (χ2v) is 5.33. The summed E-state index contributed by atoms with van der Waals surface area (Å²) in [6.45, 7) is 4.33. The Balaban J connectivity index is 2.33. The Morgan fingerprint density at radius 2 is 2.25 bits per heavy atom. The van der Waals surface area contributed by atoms with Gasteiger partial charge < -0.3 is 5.73 Å². The van der Waals surface area contributed by atoms with Crippen molar-refractivity contribution in [3.8, 4) is 0 Å². The van der Waals surface area contributed by atoms with Crippen LogP contribution in [0, 0.1) is 11.2 Å². The molecule has 0 radical (unpaired) electrons. The van der Waals surface area contributed by atoms with E-state index < -0.39 is 0 Å². The molecule has 2 N–H and O–H groups in total. The zero-order valence-corrected chi connectivity index (χ0v) is 10.4. The maximum atomic E-state index is 13.0. The summed E-state index contributed by atoms with van der Waals surface area (Å²) in [6, 6.07) is 4.88. The van der Waals surface area contributed by atoms with Gasteiger partial charge in [0, 0.05) is 11.1 Å². The second-order valence-electron chi connectivity index (χ2n) is 4.92. The van der Waals surface area contributed by atoms with Crippen LogP contribution in [-0.2, 0) is 0 Å². The highest BCUT2D eigenvalue weighted by Crippen LogP contribution is 2.55. The van der Waals surface area contributed by atoms with Crippen LogP contribution < -0.4 is 5.73 Å². The van der Waals surface area contributed by atoms with E-state index in [9.17, 15) is 4.39 Å². The van der Waals surface area contributed by atoms with E-state index in [-0.39, 0.29) is 17.3 Å². The molecule has 16 heavy (non-hydrogen) atoms. The van der Waals surface area contributed by atoms with Gasteiger partial charge in [0.2, 0.25) is 0 Å². The molecule has 3 atom stereocenters. The fourth-order valence-electron chi connectivity index (χ4n) is 2.67. The molecule has 0 bridgehead atoms. The average Bonchev–Trinajstić information content (AvgIpc) is 2.26. The van der Waals surface area contributed by atoms with E-state index in [1.807, 2.05) is 0 Å². The summed E-state index contributed by atoms with van der Waals surface area (Å²) < 4.78 is 13.0. The average molecular weight is 242 g/mol. The first-order valence-electron chi connectivity index (χ1n) is 5.69. The van der Waals surface area contributed by atoms with Gasteiger partial charge in [-0.25, -0.2) is 4.39 Å². The molecule has 0 aliphatic heterocycles. The minimum absolute atomic E-state index is 0.0987. The van der Waals surface area contributed by atoms with Gasteiger partial charge in [0.1, 0.15) is 5.82 Å². The minimum Gasteiger partial charge on any atom is -0.327 e. The van der Waals surface area contributed by atoms with E-state index >= 15 is 0 Å². The first kappa shape index (κ1) is 11.9. The van der Waals surface area contributed by atoms with Crippen LogP contribution in [0.15, 0.2) is 18.2 Å². The van der Waals surface area contributed by atoms with Crippen LogP contribution in [0.1, 0.15) is 38.2 Å². The topological polar surface area (TPSA) is 26.0 Å². The van der Waals surface area contributed by atoms with E-state index in [2.05, 4.69) is 13.8 Å². The highest BCUT2D eigenvalue weighted by molar-refractivity contribution is 6.31. The lowest BCUT2D eigenvalue weighted by molar-refractivity contribution is 0.0706. The number of hydrogen-bond acceptors (Lipinski definition) is 1. The van der Waals surface area contributed by atoms with Crippen LogP contribution in [0.25, 0.3) is 0 Å². The summed E-state index contributed by atoms with van der Waals surface area (Å²) in [6.07, 6.45) is 1.96. The van der Waals surface area contributed by atoms with Gasteiger partial charge >= 0.3 is 0 Å². The van der Waals surface area contributed by atoms with Gasteiger partial charge in [-0.05, 0) is 41.9 Å². The highest BCUT2D eigenvalue weighted by atomic mass is 35.5. The van der Waals surface area contributed by atoms with Gasteiger partial charge in [-0.2, -0.15) is 0 Å². The van der Waals surface area contributed by atoms with Gasteiger partial charge in [-0.3, -0.25) is 0 Å². The molecule has 88 valence electrons. The number of nitrogens with two attached hydrogens (primary N) is 1. The molecule has 1 aromatic rings. The number of halogens is 2. The molecule has 0 aromatic heterocycles. The third-order valence-corrected chi connectivity index (χ3v) is 4.56. The van der Waals surface area contributed by atoms with E-state index in [0.717, 1.165) is 18.4 Å². The highest BCUT2D eigenvalue weighted by Gasteiger charge is 2.49. The second kappa shape index (κ2) is 4.01. The third kappa shape index (κ3) is 1.64. The standard InChI is InChI=1S/C13H17ClFN/c1-3-13(2)10(7-12(13)16)9-5-4-8(15)6-11(9)14/h4-6,10,12H,3,7,16H2,1-2H3. The normalized spacial score (nSPS) is 33.6. The molecule has 1 aromatic carbocycles. The fourth-order valence-corrected chi connectivity index (χ4v) is 2.96. The molecule has 0 amide bonds. The van der Waals surface area contributed by atoms with Crippen molar-refractivity contribution < 1.29 is 4.39 Å². The van der Waals surface area contributed by atoms with Crippen LogP contribution in [0.4, 0.5) is 4.39 Å². The summed E-state index contributed by atoms with van der Waals surface area (Å²) >= 11 is 6.09. The molecule has 0 spiro atoms. The Labute approximate surface area is 101 Å². The molecule has 1 nitrogen and oxygen atoms in total. The largest absolute Gasteiger partial charge is 0.327 e. The van der Waals surface area contributed by atoms with Crippen molar-refractivity contribution in [3.05, 3.63) is 34.6 Å². The van der Waals surface area contributed by atoms with Gasteiger partial charge in [-0.15, -0.1) is 0 Å². The van der Waals surface area contributed by atoms with Gasteiger partial charge in [0.15, 0.2) is 0 Å². The third-order valence-electron chi connectivity index (χ3n) is 4.23. The van der Waals surface area contributed by atoms with E-state index in [1.165, 1.54) is 12.1 Å². The number of rotatable bonds is 2. The molecule has 0 heterocycles. The molecule has 0 saturated heterocycles. The van der Waals surface area contributed by atoms with E-state index in [0.29, 0.717) is 10.9 Å². The summed E-state index contributed by atoms with van der Waals surface area (Å²) in [7, 11) is 0. The predicted molar refractivity (Wildman–Crippen MR) is 65.1 cm³/mol. The summed E-state index contributed by atoms with van der Waals surface area (Å²) in [4.78, 5) is 0. The van der Waals surface area contributed by atoms with Crippen molar-refractivity contribution in [2.75, 3.05) is 0 Å². The van der Waals surface area contributed by atoms with Crippen molar-refractivity contribution >= 4 is 11.6 Å². The smallest absolute Gasteiger partial charge is 0.124 e. The Bertz CT molecular complexity index is 407. The van der Waals surface area contributed by atoms with Crippen LogP contribution in [-0.4, -0.2) is 6.04 Å². The zero-order chi connectivity index (χ0) is 11.9. The molecule has 2 rings (SSSR count). The van der Waals surface area contributed by atoms with Crippen LogP contribution in [0.2, 0.25) is 5.02 Å². The molecule has 1 saturated carbocycles. The zero-order valence-electron chi connectivity index (χ0n) is 9.63. The summed E-state index contributed by atoms with van der Waals surface area (Å²) in [5.74, 6) is 0.0798. The van der Waals surface area contributed by atoms with Crippen molar-refractivity contribution in [2.24, 2.45) is 11.1 Å². The first-order chi connectivity index (χ1) is 7.49.